The topological polar surface area (TPSA) is 90.5 Å². The van der Waals surface area contributed by atoms with E-state index in [0.717, 1.165) is 23.6 Å². The number of rotatable bonds is 12. The van der Waals surface area contributed by atoms with Crippen LogP contribution in [0.15, 0.2) is 66.7 Å². The number of aliphatic hydroxyl groups excluding tert-OH is 1. The lowest BCUT2D eigenvalue weighted by Crippen LogP contribution is -2.51. The average Bonchev–Trinajstić information content (AvgIpc) is 2.90. The van der Waals surface area contributed by atoms with Crippen LogP contribution >= 0.6 is 0 Å². The standard InChI is InChI=1S/C32H39F2N3O3/c1-5-21-7-6-8-22(13-21)18-35-19-29(38)28(16-23-14-26(33)17-27(34)15-23)37-30(39)20-36-31(40)24-9-11-25(12-10-24)32(2,3)4/h6-15,17,28-29,35,38H,5,16,18-20H2,1-4H3,(H,36,40)(H,37,39)/t28?,29-/m0/s1. The van der Waals surface area contributed by atoms with Crippen LogP contribution in [0.2, 0.25) is 0 Å². The minimum Gasteiger partial charge on any atom is -0.390 e. The van der Waals surface area contributed by atoms with Gasteiger partial charge in [-0.3, -0.25) is 9.59 Å². The van der Waals surface area contributed by atoms with Crippen LogP contribution in [0.5, 0.6) is 0 Å². The fourth-order valence-electron chi connectivity index (χ4n) is 4.37. The van der Waals surface area contributed by atoms with Crippen molar-refractivity contribution in [3.63, 3.8) is 0 Å². The number of benzene rings is 3. The summed E-state index contributed by atoms with van der Waals surface area (Å²) in [6.45, 7) is 8.62. The molecule has 0 radical (unpaired) electrons. The monoisotopic (exact) mass is 551 g/mol. The Morgan fingerprint density at radius 2 is 1.55 bits per heavy atom. The fourth-order valence-corrected chi connectivity index (χ4v) is 4.37. The number of halogens is 2. The summed E-state index contributed by atoms with van der Waals surface area (Å²) in [6, 6.07) is 17.5. The van der Waals surface area contributed by atoms with E-state index in [9.17, 15) is 23.5 Å². The van der Waals surface area contributed by atoms with Gasteiger partial charge in [-0.25, -0.2) is 8.78 Å². The van der Waals surface area contributed by atoms with E-state index in [-0.39, 0.29) is 24.9 Å². The smallest absolute Gasteiger partial charge is 0.251 e. The summed E-state index contributed by atoms with van der Waals surface area (Å²) in [5.41, 5.74) is 4.00. The van der Waals surface area contributed by atoms with Crippen LogP contribution in [0, 0.1) is 11.6 Å². The van der Waals surface area contributed by atoms with E-state index in [4.69, 9.17) is 0 Å². The van der Waals surface area contributed by atoms with Crippen molar-refractivity contribution in [2.24, 2.45) is 0 Å². The van der Waals surface area contributed by atoms with Crippen LogP contribution < -0.4 is 16.0 Å². The summed E-state index contributed by atoms with van der Waals surface area (Å²) in [6.07, 6.45) is -0.157. The summed E-state index contributed by atoms with van der Waals surface area (Å²) in [5.74, 6) is -2.42. The average molecular weight is 552 g/mol. The Bertz CT molecular complexity index is 1270. The molecule has 0 saturated carbocycles. The van der Waals surface area contributed by atoms with E-state index in [1.165, 1.54) is 17.7 Å². The van der Waals surface area contributed by atoms with Gasteiger partial charge in [-0.1, -0.05) is 64.1 Å². The van der Waals surface area contributed by atoms with Crippen LogP contribution in [0.1, 0.15) is 60.3 Å². The van der Waals surface area contributed by atoms with E-state index in [0.29, 0.717) is 17.7 Å². The largest absolute Gasteiger partial charge is 0.390 e. The lowest BCUT2D eigenvalue weighted by molar-refractivity contribution is -0.121. The van der Waals surface area contributed by atoms with E-state index in [2.05, 4.69) is 49.7 Å². The molecule has 8 heteroatoms. The van der Waals surface area contributed by atoms with Crippen LogP contribution in [0.25, 0.3) is 0 Å². The molecule has 3 aromatic carbocycles. The second-order valence-electron chi connectivity index (χ2n) is 11.0. The maximum atomic E-state index is 13.8. The van der Waals surface area contributed by atoms with E-state index in [1.807, 2.05) is 30.3 Å². The van der Waals surface area contributed by atoms with E-state index in [1.54, 1.807) is 12.1 Å². The minimum atomic E-state index is -1.06. The van der Waals surface area contributed by atoms with Gasteiger partial charge >= 0.3 is 0 Å². The van der Waals surface area contributed by atoms with Gasteiger partial charge in [-0.05, 0) is 64.8 Å². The van der Waals surface area contributed by atoms with Gasteiger partial charge in [-0.15, -0.1) is 0 Å². The van der Waals surface area contributed by atoms with Crippen molar-refractivity contribution in [1.29, 1.82) is 0 Å². The molecular formula is C32H39F2N3O3. The Hall–Kier alpha value is -3.62. The highest BCUT2D eigenvalue weighted by Gasteiger charge is 2.23. The summed E-state index contributed by atoms with van der Waals surface area (Å²) in [7, 11) is 0. The van der Waals surface area contributed by atoms with Crippen molar-refractivity contribution in [3.05, 3.63) is 106 Å². The highest BCUT2D eigenvalue weighted by molar-refractivity contribution is 5.96. The molecule has 3 aromatic rings. The molecule has 0 aliphatic heterocycles. The highest BCUT2D eigenvalue weighted by atomic mass is 19.1. The predicted molar refractivity (Wildman–Crippen MR) is 153 cm³/mol. The summed E-state index contributed by atoms with van der Waals surface area (Å²) < 4.78 is 27.6. The van der Waals surface area contributed by atoms with Crippen molar-refractivity contribution in [1.82, 2.24) is 16.0 Å². The number of hydrogen-bond donors (Lipinski definition) is 4. The molecule has 2 amide bonds. The molecule has 214 valence electrons. The zero-order chi connectivity index (χ0) is 29.3. The van der Waals surface area contributed by atoms with Crippen LogP contribution in [0.4, 0.5) is 8.78 Å². The first-order valence-electron chi connectivity index (χ1n) is 13.5. The number of aliphatic hydroxyl groups is 1. The molecule has 1 unspecified atom stereocenters. The third-order valence-electron chi connectivity index (χ3n) is 6.69. The van der Waals surface area contributed by atoms with Crippen molar-refractivity contribution in [2.45, 2.75) is 64.6 Å². The Morgan fingerprint density at radius 3 is 2.17 bits per heavy atom. The summed E-state index contributed by atoms with van der Waals surface area (Å²) in [4.78, 5) is 25.3. The normalized spacial score (nSPS) is 13.0. The molecule has 3 rings (SSSR count). The number of carbonyl (C=O) groups excluding carboxylic acids is 2. The van der Waals surface area contributed by atoms with E-state index >= 15 is 0 Å². The molecule has 0 fully saturated rings. The van der Waals surface area contributed by atoms with Gasteiger partial charge in [0.25, 0.3) is 5.91 Å². The van der Waals surface area contributed by atoms with Gasteiger partial charge in [0.15, 0.2) is 0 Å². The lowest BCUT2D eigenvalue weighted by atomic mass is 9.87. The van der Waals surface area contributed by atoms with Gasteiger partial charge in [0.2, 0.25) is 5.91 Å². The van der Waals surface area contributed by atoms with Gasteiger partial charge in [0.1, 0.15) is 11.6 Å². The van der Waals surface area contributed by atoms with Crippen LogP contribution in [0.3, 0.4) is 0 Å². The maximum absolute atomic E-state index is 13.8. The summed E-state index contributed by atoms with van der Waals surface area (Å²) >= 11 is 0. The zero-order valence-electron chi connectivity index (χ0n) is 23.6. The first kappa shape index (κ1) is 30.9. The highest BCUT2D eigenvalue weighted by Crippen LogP contribution is 2.22. The van der Waals surface area contributed by atoms with Crippen molar-refractivity contribution in [2.75, 3.05) is 13.1 Å². The quantitative estimate of drug-likeness (QED) is 0.268. The van der Waals surface area contributed by atoms with Crippen molar-refractivity contribution >= 4 is 11.8 Å². The molecule has 4 N–H and O–H groups in total. The number of carbonyl (C=O) groups is 2. The number of hydrogen-bond acceptors (Lipinski definition) is 4. The van der Waals surface area contributed by atoms with Gasteiger partial charge in [0.05, 0.1) is 18.7 Å². The Labute approximate surface area is 235 Å². The third kappa shape index (κ3) is 9.54. The number of aryl methyl sites for hydroxylation is 1. The van der Waals surface area contributed by atoms with Gasteiger partial charge in [-0.2, -0.15) is 0 Å². The molecular weight excluding hydrogens is 512 g/mol. The number of nitrogens with one attached hydrogen (secondary N) is 3. The molecule has 0 spiro atoms. The molecule has 2 atom stereocenters. The van der Waals surface area contributed by atoms with Crippen LogP contribution in [-0.4, -0.2) is 42.2 Å². The number of amides is 2. The predicted octanol–water partition coefficient (Wildman–Crippen LogP) is 4.43. The summed E-state index contributed by atoms with van der Waals surface area (Å²) in [5, 5.41) is 19.4. The van der Waals surface area contributed by atoms with Crippen molar-refractivity contribution in [3.8, 4) is 0 Å². The van der Waals surface area contributed by atoms with Gasteiger partial charge in [0, 0.05) is 24.7 Å². The maximum Gasteiger partial charge on any atom is 0.251 e. The second kappa shape index (κ2) is 14.1. The second-order valence-corrected chi connectivity index (χ2v) is 11.0. The first-order chi connectivity index (χ1) is 18.9. The van der Waals surface area contributed by atoms with Crippen LogP contribution in [-0.2, 0) is 29.6 Å². The zero-order valence-corrected chi connectivity index (χ0v) is 23.6. The molecule has 0 saturated heterocycles. The SMILES string of the molecule is CCc1cccc(CNC[C@H](O)C(Cc2cc(F)cc(F)c2)NC(=O)CNC(=O)c2ccc(C(C)(C)C)cc2)c1. The minimum absolute atomic E-state index is 0.00318. The molecule has 6 nitrogen and oxygen atoms in total. The molecule has 0 bridgehead atoms. The van der Waals surface area contributed by atoms with E-state index < -0.39 is 35.6 Å². The van der Waals surface area contributed by atoms with Crippen molar-refractivity contribution < 1.29 is 23.5 Å². The van der Waals surface area contributed by atoms with Gasteiger partial charge < -0.3 is 21.1 Å². The third-order valence-corrected chi connectivity index (χ3v) is 6.69. The molecule has 40 heavy (non-hydrogen) atoms. The fraction of sp³-hybridized carbons (Fsp3) is 0.375. The molecule has 0 aliphatic rings. The Balaban J connectivity index is 1.62. The molecule has 0 aromatic heterocycles. The lowest BCUT2D eigenvalue weighted by Gasteiger charge is -2.25. The molecule has 0 heterocycles. The molecule has 0 aliphatic carbocycles. The Morgan fingerprint density at radius 1 is 0.900 bits per heavy atom. The first-order valence-corrected chi connectivity index (χ1v) is 13.5. The Kier molecular flexibility index (Phi) is 10.9.